The van der Waals surface area contributed by atoms with Gasteiger partial charge in [0.15, 0.2) is 0 Å². The fourth-order valence-corrected chi connectivity index (χ4v) is 1.50. The summed E-state index contributed by atoms with van der Waals surface area (Å²) in [6.45, 7) is 1.37. The van der Waals surface area contributed by atoms with Crippen LogP contribution in [0.5, 0.6) is 0 Å². The predicted octanol–water partition coefficient (Wildman–Crippen LogP) is 3.49. The van der Waals surface area contributed by atoms with Crippen LogP contribution in [0, 0.1) is 0 Å². The molecule has 0 aromatic heterocycles. The highest BCUT2D eigenvalue weighted by atomic mass is 35.5. The highest BCUT2D eigenvalue weighted by Gasteiger charge is 2.32. The zero-order valence-electron chi connectivity index (χ0n) is 7.86. The summed E-state index contributed by atoms with van der Waals surface area (Å²) >= 11 is 5.47. The van der Waals surface area contributed by atoms with E-state index in [-0.39, 0.29) is 17.2 Å². The average Bonchev–Trinajstić information content (AvgIpc) is 1.99. The van der Waals surface area contributed by atoms with E-state index in [4.69, 9.17) is 11.6 Å². The fraction of sp³-hybridized carbons (Fsp3) is 0.300. The minimum atomic E-state index is -4.45. The van der Waals surface area contributed by atoms with Crippen LogP contribution < -0.4 is 0 Å². The molecule has 1 aromatic rings. The second-order valence-electron chi connectivity index (χ2n) is 3.19. The Morgan fingerprint density at radius 2 is 2.00 bits per heavy atom. The van der Waals surface area contributed by atoms with Crippen molar-refractivity contribution in [2.45, 2.75) is 19.5 Å². The molecule has 82 valence electrons. The molecular formula is C10H8ClF3O. The zero-order valence-corrected chi connectivity index (χ0v) is 8.62. The van der Waals surface area contributed by atoms with E-state index < -0.39 is 11.7 Å². The Hall–Kier alpha value is -1.03. The largest absolute Gasteiger partial charge is 0.417 e. The summed E-state index contributed by atoms with van der Waals surface area (Å²) in [7, 11) is 0. The molecule has 0 aliphatic rings. The SMILES string of the molecule is CC(=O)Cc1ccc(C(F)(F)F)c(Cl)c1. The maximum atomic E-state index is 12.3. The van der Waals surface area contributed by atoms with E-state index in [0.29, 0.717) is 5.56 Å². The molecular weight excluding hydrogens is 229 g/mol. The van der Waals surface area contributed by atoms with E-state index >= 15 is 0 Å². The number of alkyl halides is 3. The monoisotopic (exact) mass is 236 g/mol. The second kappa shape index (κ2) is 4.23. The van der Waals surface area contributed by atoms with Crippen molar-refractivity contribution < 1.29 is 18.0 Å². The maximum absolute atomic E-state index is 12.3. The summed E-state index contributed by atoms with van der Waals surface area (Å²) in [5, 5.41) is -0.374. The Morgan fingerprint density at radius 1 is 1.40 bits per heavy atom. The van der Waals surface area contributed by atoms with Crippen LogP contribution in [-0.2, 0) is 17.4 Å². The lowest BCUT2D eigenvalue weighted by molar-refractivity contribution is -0.137. The van der Waals surface area contributed by atoms with Gasteiger partial charge < -0.3 is 0 Å². The number of rotatable bonds is 2. The molecule has 5 heteroatoms. The molecule has 0 N–H and O–H groups in total. The molecule has 0 amide bonds. The van der Waals surface area contributed by atoms with E-state index in [9.17, 15) is 18.0 Å². The molecule has 1 nitrogen and oxygen atoms in total. The Morgan fingerprint density at radius 3 is 2.40 bits per heavy atom. The normalized spacial score (nSPS) is 11.5. The van der Waals surface area contributed by atoms with Crippen molar-refractivity contribution in [3.05, 3.63) is 34.3 Å². The van der Waals surface area contributed by atoms with Gasteiger partial charge in [-0.1, -0.05) is 17.7 Å². The van der Waals surface area contributed by atoms with Crippen LogP contribution in [0.15, 0.2) is 18.2 Å². The van der Waals surface area contributed by atoms with Crippen molar-refractivity contribution in [3.8, 4) is 0 Å². The molecule has 0 heterocycles. The van der Waals surface area contributed by atoms with Crippen molar-refractivity contribution in [2.75, 3.05) is 0 Å². The van der Waals surface area contributed by atoms with Gasteiger partial charge in [-0.05, 0) is 24.6 Å². The molecule has 0 atom stereocenters. The molecule has 0 saturated carbocycles. The molecule has 0 aliphatic heterocycles. The topological polar surface area (TPSA) is 17.1 Å². The van der Waals surface area contributed by atoms with Crippen molar-refractivity contribution >= 4 is 17.4 Å². The summed E-state index contributed by atoms with van der Waals surface area (Å²) < 4.78 is 36.9. The van der Waals surface area contributed by atoms with Crippen LogP contribution >= 0.6 is 11.6 Å². The van der Waals surface area contributed by atoms with Crippen molar-refractivity contribution in [1.29, 1.82) is 0 Å². The Labute approximate surface area is 89.9 Å². The van der Waals surface area contributed by atoms with Gasteiger partial charge in [0.25, 0.3) is 0 Å². The fourth-order valence-electron chi connectivity index (χ4n) is 1.19. The number of Topliss-reactive ketones (excluding diaryl/α,β-unsaturated/α-hetero) is 1. The number of hydrogen-bond acceptors (Lipinski definition) is 1. The van der Waals surface area contributed by atoms with Gasteiger partial charge >= 0.3 is 6.18 Å². The Balaban J connectivity index is 3.04. The highest BCUT2D eigenvalue weighted by Crippen LogP contribution is 2.34. The summed E-state index contributed by atoms with van der Waals surface area (Å²) in [6, 6.07) is 3.32. The summed E-state index contributed by atoms with van der Waals surface area (Å²) in [5.74, 6) is -0.120. The summed E-state index contributed by atoms with van der Waals surface area (Å²) in [6.07, 6.45) is -4.36. The number of carbonyl (C=O) groups is 1. The second-order valence-corrected chi connectivity index (χ2v) is 3.60. The highest BCUT2D eigenvalue weighted by molar-refractivity contribution is 6.31. The van der Waals surface area contributed by atoms with Crippen LogP contribution in [0.2, 0.25) is 5.02 Å². The van der Waals surface area contributed by atoms with Gasteiger partial charge in [0.2, 0.25) is 0 Å². The molecule has 0 spiro atoms. The lowest BCUT2D eigenvalue weighted by Crippen LogP contribution is -2.06. The lowest BCUT2D eigenvalue weighted by Gasteiger charge is -2.09. The van der Waals surface area contributed by atoms with E-state index in [2.05, 4.69) is 0 Å². The molecule has 0 saturated heterocycles. The first kappa shape index (κ1) is 12.0. The Bertz CT molecular complexity index is 385. The van der Waals surface area contributed by atoms with Crippen molar-refractivity contribution in [2.24, 2.45) is 0 Å². The quantitative estimate of drug-likeness (QED) is 0.768. The van der Waals surface area contributed by atoms with Crippen LogP contribution in [-0.4, -0.2) is 5.78 Å². The summed E-state index contributed by atoms with van der Waals surface area (Å²) in [5.41, 5.74) is -0.392. The van der Waals surface area contributed by atoms with E-state index in [1.165, 1.54) is 19.1 Å². The number of carbonyl (C=O) groups excluding carboxylic acids is 1. The first-order valence-electron chi connectivity index (χ1n) is 4.16. The first-order valence-corrected chi connectivity index (χ1v) is 4.53. The standard InChI is InChI=1S/C10H8ClF3O/c1-6(15)4-7-2-3-8(9(11)5-7)10(12,13)14/h2-3,5H,4H2,1H3. The molecule has 1 aromatic carbocycles. The third kappa shape index (κ3) is 3.23. The molecule has 0 bridgehead atoms. The van der Waals surface area contributed by atoms with Crippen LogP contribution in [0.4, 0.5) is 13.2 Å². The van der Waals surface area contributed by atoms with E-state index in [0.717, 1.165) is 6.07 Å². The molecule has 0 radical (unpaired) electrons. The molecule has 0 fully saturated rings. The van der Waals surface area contributed by atoms with Gasteiger partial charge in [-0.15, -0.1) is 0 Å². The average molecular weight is 237 g/mol. The third-order valence-electron chi connectivity index (χ3n) is 1.79. The van der Waals surface area contributed by atoms with Crippen molar-refractivity contribution in [3.63, 3.8) is 0 Å². The lowest BCUT2D eigenvalue weighted by atomic mass is 10.1. The molecule has 0 unspecified atom stereocenters. The third-order valence-corrected chi connectivity index (χ3v) is 2.10. The number of ketones is 1. The predicted molar refractivity (Wildman–Crippen MR) is 50.8 cm³/mol. The first-order chi connectivity index (χ1) is 6.80. The van der Waals surface area contributed by atoms with E-state index in [1.54, 1.807) is 0 Å². The maximum Gasteiger partial charge on any atom is 0.417 e. The minimum Gasteiger partial charge on any atom is -0.300 e. The van der Waals surface area contributed by atoms with Gasteiger partial charge in [0.1, 0.15) is 5.78 Å². The molecule has 1 rings (SSSR count). The van der Waals surface area contributed by atoms with Gasteiger partial charge in [0.05, 0.1) is 10.6 Å². The Kier molecular flexibility index (Phi) is 3.39. The number of halogens is 4. The number of benzene rings is 1. The molecule has 0 aliphatic carbocycles. The van der Waals surface area contributed by atoms with E-state index in [1.807, 2.05) is 0 Å². The number of hydrogen-bond donors (Lipinski definition) is 0. The van der Waals surface area contributed by atoms with Gasteiger partial charge in [-0.2, -0.15) is 13.2 Å². The minimum absolute atomic E-state index is 0.0951. The van der Waals surface area contributed by atoms with Gasteiger partial charge in [0, 0.05) is 6.42 Å². The van der Waals surface area contributed by atoms with Crippen LogP contribution in [0.1, 0.15) is 18.1 Å². The van der Waals surface area contributed by atoms with Gasteiger partial charge in [-0.3, -0.25) is 4.79 Å². The van der Waals surface area contributed by atoms with Crippen LogP contribution in [0.25, 0.3) is 0 Å². The van der Waals surface area contributed by atoms with Crippen LogP contribution in [0.3, 0.4) is 0 Å². The molecule has 15 heavy (non-hydrogen) atoms. The van der Waals surface area contributed by atoms with Gasteiger partial charge in [-0.25, -0.2) is 0 Å². The van der Waals surface area contributed by atoms with Crippen molar-refractivity contribution in [1.82, 2.24) is 0 Å². The zero-order chi connectivity index (χ0) is 11.6. The smallest absolute Gasteiger partial charge is 0.300 e. The summed E-state index contributed by atoms with van der Waals surface area (Å²) in [4.78, 5) is 10.7.